The first kappa shape index (κ1) is 16.1. The molecule has 1 N–H and O–H groups in total. The summed E-state index contributed by atoms with van der Waals surface area (Å²) in [6, 6.07) is 9.50. The van der Waals surface area contributed by atoms with E-state index in [0.29, 0.717) is 4.47 Å². The van der Waals surface area contributed by atoms with Crippen LogP contribution in [0, 0.1) is 5.82 Å². The molecule has 0 fully saturated rings. The molecule has 0 aliphatic carbocycles. The first-order valence-electron chi connectivity index (χ1n) is 6.53. The highest BCUT2D eigenvalue weighted by Crippen LogP contribution is 2.31. The van der Waals surface area contributed by atoms with Crippen LogP contribution >= 0.6 is 43.2 Å². The second kappa shape index (κ2) is 7.69. The van der Waals surface area contributed by atoms with E-state index in [2.05, 4.69) is 56.2 Å². The lowest BCUT2D eigenvalue weighted by molar-refractivity contribution is 0.524. The molecule has 2 aromatic rings. The maximum Gasteiger partial charge on any atom is 0.137 e. The van der Waals surface area contributed by atoms with Crippen molar-refractivity contribution in [3.05, 3.63) is 54.8 Å². The molecule has 0 bridgehead atoms. The van der Waals surface area contributed by atoms with E-state index in [-0.39, 0.29) is 11.9 Å². The molecule has 1 unspecified atom stereocenters. The molecule has 1 nitrogen and oxygen atoms in total. The SMILES string of the molecule is CCCNC(Cc1ccc(Br)s1)c1cccc(F)c1Br. The number of nitrogens with one attached hydrogen (secondary N) is 1. The maximum absolute atomic E-state index is 13.7. The van der Waals surface area contributed by atoms with Crippen LogP contribution < -0.4 is 5.32 Å². The molecule has 20 heavy (non-hydrogen) atoms. The summed E-state index contributed by atoms with van der Waals surface area (Å²) >= 11 is 8.58. The van der Waals surface area contributed by atoms with Crippen LogP contribution in [0.15, 0.2) is 38.6 Å². The van der Waals surface area contributed by atoms with Crippen molar-refractivity contribution in [3.8, 4) is 0 Å². The van der Waals surface area contributed by atoms with Crippen molar-refractivity contribution in [1.29, 1.82) is 0 Å². The van der Waals surface area contributed by atoms with Gasteiger partial charge in [-0.05, 0) is 68.6 Å². The molecule has 108 valence electrons. The molecule has 0 saturated heterocycles. The van der Waals surface area contributed by atoms with Gasteiger partial charge in [0.05, 0.1) is 8.26 Å². The third kappa shape index (κ3) is 4.13. The van der Waals surface area contributed by atoms with Crippen LogP contribution in [0.1, 0.15) is 29.8 Å². The van der Waals surface area contributed by atoms with Crippen LogP contribution in [-0.2, 0) is 6.42 Å². The number of halogens is 3. The number of hydrogen-bond acceptors (Lipinski definition) is 2. The molecule has 1 heterocycles. The minimum atomic E-state index is -0.210. The maximum atomic E-state index is 13.7. The summed E-state index contributed by atoms with van der Waals surface area (Å²) < 4.78 is 15.4. The molecule has 0 saturated carbocycles. The minimum absolute atomic E-state index is 0.116. The molecule has 1 atom stereocenters. The average Bonchev–Trinajstić information content (AvgIpc) is 2.83. The minimum Gasteiger partial charge on any atom is -0.310 e. The van der Waals surface area contributed by atoms with Crippen molar-refractivity contribution in [2.75, 3.05) is 6.54 Å². The van der Waals surface area contributed by atoms with Gasteiger partial charge in [-0.3, -0.25) is 0 Å². The van der Waals surface area contributed by atoms with Crippen molar-refractivity contribution < 1.29 is 4.39 Å². The Labute approximate surface area is 139 Å². The van der Waals surface area contributed by atoms with Crippen molar-refractivity contribution in [1.82, 2.24) is 5.32 Å². The van der Waals surface area contributed by atoms with E-state index in [9.17, 15) is 4.39 Å². The summed E-state index contributed by atoms with van der Waals surface area (Å²) in [5.74, 6) is -0.210. The molecule has 0 spiro atoms. The highest BCUT2D eigenvalue weighted by molar-refractivity contribution is 9.11. The van der Waals surface area contributed by atoms with E-state index in [4.69, 9.17) is 0 Å². The Morgan fingerprint density at radius 1 is 1.25 bits per heavy atom. The zero-order valence-corrected chi connectivity index (χ0v) is 15.1. The Morgan fingerprint density at radius 3 is 2.70 bits per heavy atom. The van der Waals surface area contributed by atoms with Crippen molar-refractivity contribution in [2.24, 2.45) is 0 Å². The topological polar surface area (TPSA) is 12.0 Å². The van der Waals surface area contributed by atoms with Gasteiger partial charge in [0.1, 0.15) is 5.82 Å². The molecule has 0 aliphatic heterocycles. The smallest absolute Gasteiger partial charge is 0.137 e. The van der Waals surface area contributed by atoms with Gasteiger partial charge in [0.2, 0.25) is 0 Å². The molecule has 0 aliphatic rings. The molecular formula is C15H16Br2FNS. The molecule has 2 rings (SSSR count). The van der Waals surface area contributed by atoms with Gasteiger partial charge in [0.15, 0.2) is 0 Å². The standard InChI is InChI=1S/C15H16Br2FNS/c1-2-8-19-13(9-10-6-7-14(16)20-10)11-4-3-5-12(18)15(11)17/h3-7,13,19H,2,8-9H2,1H3. The molecular weight excluding hydrogens is 405 g/mol. The highest BCUT2D eigenvalue weighted by Gasteiger charge is 2.17. The van der Waals surface area contributed by atoms with Gasteiger partial charge < -0.3 is 5.32 Å². The molecule has 1 aromatic heterocycles. The first-order chi connectivity index (χ1) is 9.61. The van der Waals surface area contributed by atoms with E-state index in [1.165, 1.54) is 10.9 Å². The van der Waals surface area contributed by atoms with Gasteiger partial charge in [-0.2, -0.15) is 0 Å². The van der Waals surface area contributed by atoms with Crippen LogP contribution in [0.3, 0.4) is 0 Å². The summed E-state index contributed by atoms with van der Waals surface area (Å²) in [4.78, 5) is 1.28. The van der Waals surface area contributed by atoms with E-state index in [1.807, 2.05) is 6.07 Å². The van der Waals surface area contributed by atoms with Gasteiger partial charge in [0.25, 0.3) is 0 Å². The van der Waals surface area contributed by atoms with E-state index < -0.39 is 0 Å². The lowest BCUT2D eigenvalue weighted by atomic mass is 10.0. The summed E-state index contributed by atoms with van der Waals surface area (Å²) in [5.41, 5.74) is 0.975. The quantitative estimate of drug-likeness (QED) is 0.632. The predicted molar refractivity (Wildman–Crippen MR) is 90.9 cm³/mol. The van der Waals surface area contributed by atoms with E-state index in [1.54, 1.807) is 17.4 Å². The lowest BCUT2D eigenvalue weighted by Gasteiger charge is -2.20. The summed E-state index contributed by atoms with van der Waals surface area (Å²) in [5, 5.41) is 3.51. The van der Waals surface area contributed by atoms with Crippen LogP contribution in [0.4, 0.5) is 4.39 Å². The summed E-state index contributed by atoms with van der Waals surface area (Å²) in [6.07, 6.45) is 1.91. The van der Waals surface area contributed by atoms with Crippen LogP contribution in [0.5, 0.6) is 0 Å². The van der Waals surface area contributed by atoms with Crippen LogP contribution in [-0.4, -0.2) is 6.54 Å². The molecule has 0 amide bonds. The first-order valence-corrected chi connectivity index (χ1v) is 8.93. The fraction of sp³-hybridized carbons (Fsp3) is 0.333. The summed E-state index contributed by atoms with van der Waals surface area (Å²) in [7, 11) is 0. The van der Waals surface area contributed by atoms with Gasteiger partial charge in [-0.15, -0.1) is 11.3 Å². The number of rotatable bonds is 6. The fourth-order valence-corrected chi connectivity index (χ4v) is 4.13. The van der Waals surface area contributed by atoms with Crippen molar-refractivity contribution in [3.63, 3.8) is 0 Å². The number of benzene rings is 1. The Bertz CT molecular complexity index is 571. The number of hydrogen-bond donors (Lipinski definition) is 1. The Morgan fingerprint density at radius 2 is 2.05 bits per heavy atom. The molecule has 0 radical (unpaired) electrons. The molecule has 5 heteroatoms. The lowest BCUT2D eigenvalue weighted by Crippen LogP contribution is -2.24. The predicted octanol–water partition coefficient (Wildman–Crippen LogP) is 5.70. The van der Waals surface area contributed by atoms with Crippen LogP contribution in [0.2, 0.25) is 0 Å². The molecule has 1 aromatic carbocycles. The Kier molecular flexibility index (Phi) is 6.20. The summed E-state index contributed by atoms with van der Waals surface area (Å²) in [6.45, 7) is 3.05. The van der Waals surface area contributed by atoms with Gasteiger partial charge in [-0.1, -0.05) is 19.1 Å². The van der Waals surface area contributed by atoms with Crippen molar-refractivity contribution >= 4 is 43.2 Å². The van der Waals surface area contributed by atoms with E-state index >= 15 is 0 Å². The van der Waals surface area contributed by atoms with Gasteiger partial charge >= 0.3 is 0 Å². The van der Waals surface area contributed by atoms with Gasteiger partial charge in [0, 0.05) is 17.3 Å². The fourth-order valence-electron chi connectivity index (χ4n) is 2.06. The van der Waals surface area contributed by atoms with E-state index in [0.717, 1.165) is 28.7 Å². The highest BCUT2D eigenvalue weighted by atomic mass is 79.9. The zero-order chi connectivity index (χ0) is 14.5. The number of thiophene rings is 1. The Balaban J connectivity index is 2.24. The average molecular weight is 421 g/mol. The third-order valence-electron chi connectivity index (χ3n) is 3.03. The van der Waals surface area contributed by atoms with Crippen molar-refractivity contribution in [2.45, 2.75) is 25.8 Å². The Hall–Kier alpha value is -0.230. The normalized spacial score (nSPS) is 12.6. The second-order valence-corrected chi connectivity index (χ2v) is 7.90. The largest absolute Gasteiger partial charge is 0.310 e. The zero-order valence-electron chi connectivity index (χ0n) is 11.1. The van der Waals surface area contributed by atoms with Gasteiger partial charge in [-0.25, -0.2) is 4.39 Å². The third-order valence-corrected chi connectivity index (χ3v) is 5.51. The van der Waals surface area contributed by atoms with Crippen LogP contribution in [0.25, 0.3) is 0 Å². The monoisotopic (exact) mass is 419 g/mol. The second-order valence-electron chi connectivity index (χ2n) is 4.56.